The van der Waals surface area contributed by atoms with Crippen LogP contribution >= 0.6 is 24.0 Å². The molecule has 3 rings (SSSR count). The highest BCUT2D eigenvalue weighted by atomic mass is 127. The van der Waals surface area contributed by atoms with Crippen molar-refractivity contribution in [2.45, 2.75) is 39.2 Å². The predicted molar refractivity (Wildman–Crippen MR) is 127 cm³/mol. The quantitative estimate of drug-likeness (QED) is 0.218. The van der Waals surface area contributed by atoms with Gasteiger partial charge < -0.3 is 15.1 Å². The van der Waals surface area contributed by atoms with Crippen LogP contribution in [0.2, 0.25) is 0 Å². The Kier molecular flexibility index (Phi) is 9.65. The molecule has 1 saturated heterocycles. The van der Waals surface area contributed by atoms with Gasteiger partial charge in [-0.2, -0.15) is 5.10 Å². The fourth-order valence-corrected chi connectivity index (χ4v) is 3.33. The van der Waals surface area contributed by atoms with Gasteiger partial charge in [0.1, 0.15) is 5.82 Å². The van der Waals surface area contributed by atoms with Crippen molar-refractivity contribution in [2.75, 3.05) is 32.7 Å². The monoisotopic (exact) mass is 513 g/mol. The van der Waals surface area contributed by atoms with Gasteiger partial charge in [-0.1, -0.05) is 12.2 Å². The van der Waals surface area contributed by atoms with Gasteiger partial charge in [0.15, 0.2) is 11.7 Å². The summed E-state index contributed by atoms with van der Waals surface area (Å²) in [6.45, 7) is 12.8. The molecule has 29 heavy (non-hydrogen) atoms. The third kappa shape index (κ3) is 7.46. The number of aliphatic imine (C=N–C) groups is 1. The van der Waals surface area contributed by atoms with Crippen LogP contribution in [0.25, 0.3) is 11.6 Å². The fourth-order valence-electron chi connectivity index (χ4n) is 3.33. The van der Waals surface area contributed by atoms with E-state index < -0.39 is 0 Å². The van der Waals surface area contributed by atoms with Crippen LogP contribution < -0.4 is 10.6 Å². The van der Waals surface area contributed by atoms with Gasteiger partial charge in [0, 0.05) is 45.2 Å². The van der Waals surface area contributed by atoms with E-state index in [9.17, 15) is 0 Å². The van der Waals surface area contributed by atoms with Gasteiger partial charge in [-0.3, -0.25) is 15.0 Å². The Hall–Kier alpha value is -1.88. The lowest BCUT2D eigenvalue weighted by molar-refractivity contribution is 0.221. The molecule has 0 radical (unpaired) electrons. The number of aromatic amines is 1. The third-order valence-electron chi connectivity index (χ3n) is 4.66. The van der Waals surface area contributed by atoms with E-state index in [-0.39, 0.29) is 24.0 Å². The number of H-pyrrole nitrogens is 1. The summed E-state index contributed by atoms with van der Waals surface area (Å²) >= 11 is 0. The highest BCUT2D eigenvalue weighted by molar-refractivity contribution is 14.0. The number of guanidine groups is 1. The molecule has 8 nitrogen and oxygen atoms in total. The van der Waals surface area contributed by atoms with Crippen molar-refractivity contribution in [3.05, 3.63) is 36.4 Å². The predicted octanol–water partition coefficient (Wildman–Crippen LogP) is 2.82. The van der Waals surface area contributed by atoms with Crippen LogP contribution in [0.5, 0.6) is 0 Å². The summed E-state index contributed by atoms with van der Waals surface area (Å²) in [7, 11) is 0. The number of hydrogen-bond donors (Lipinski definition) is 3. The number of aromatic nitrogens is 3. The molecule has 1 aliphatic heterocycles. The minimum Gasteiger partial charge on any atom is -0.461 e. The molecular formula is C20H32IN7O. The Morgan fingerprint density at radius 1 is 1.41 bits per heavy atom. The fraction of sp³-hybridized carbons (Fsp3) is 0.550. The average molecular weight is 513 g/mol. The molecule has 0 unspecified atom stereocenters. The molecule has 0 aliphatic carbocycles. The molecule has 2 aromatic heterocycles. The number of nitrogens with zero attached hydrogens (tertiary/aromatic N) is 4. The summed E-state index contributed by atoms with van der Waals surface area (Å²) in [4.78, 5) is 11.6. The standard InChI is InChI=1S/C20H31N7O.HI/c1-4-21-20(23-16-8-11-27(12-9-16)14-15(2)3)22-10-7-18-24-19(26-25-18)17-6-5-13-28-17;/h5-6,13,16H,2,4,7-12,14H2,1,3H3,(H2,21,22,23)(H,24,25,26);1H. The highest BCUT2D eigenvalue weighted by Crippen LogP contribution is 2.14. The molecule has 0 aromatic carbocycles. The van der Waals surface area contributed by atoms with Gasteiger partial charge in [0.05, 0.1) is 6.26 Å². The van der Waals surface area contributed by atoms with Crippen LogP contribution in [0.3, 0.4) is 0 Å². The Morgan fingerprint density at radius 3 is 2.86 bits per heavy atom. The van der Waals surface area contributed by atoms with Crippen molar-refractivity contribution in [3.63, 3.8) is 0 Å². The number of piperidine rings is 1. The second kappa shape index (κ2) is 12.0. The van der Waals surface area contributed by atoms with Crippen LogP contribution in [0.15, 0.2) is 40.0 Å². The zero-order chi connectivity index (χ0) is 19.8. The second-order valence-corrected chi connectivity index (χ2v) is 7.25. The SMILES string of the molecule is C=C(C)CN1CCC(NC(=NCCc2nc(-c3ccco3)n[nH]2)NCC)CC1.I. The molecule has 3 N–H and O–H groups in total. The van der Waals surface area contributed by atoms with Gasteiger partial charge in [-0.25, -0.2) is 4.98 Å². The van der Waals surface area contributed by atoms with E-state index in [0.717, 1.165) is 50.8 Å². The lowest BCUT2D eigenvalue weighted by Gasteiger charge is -2.33. The van der Waals surface area contributed by atoms with Gasteiger partial charge >= 0.3 is 0 Å². The van der Waals surface area contributed by atoms with Gasteiger partial charge in [0.2, 0.25) is 5.82 Å². The van der Waals surface area contributed by atoms with Crippen LogP contribution in [0.1, 0.15) is 32.5 Å². The van der Waals surface area contributed by atoms with Crippen molar-refractivity contribution in [1.29, 1.82) is 0 Å². The van der Waals surface area contributed by atoms with E-state index >= 15 is 0 Å². The normalized spacial score (nSPS) is 15.7. The molecule has 160 valence electrons. The first-order valence-electron chi connectivity index (χ1n) is 10.0. The van der Waals surface area contributed by atoms with Gasteiger partial charge in [-0.05, 0) is 38.8 Å². The topological polar surface area (TPSA) is 94.4 Å². The van der Waals surface area contributed by atoms with Crippen molar-refractivity contribution in [2.24, 2.45) is 4.99 Å². The largest absolute Gasteiger partial charge is 0.461 e. The molecule has 0 amide bonds. The van der Waals surface area contributed by atoms with Crippen LogP contribution in [0, 0.1) is 0 Å². The number of furan rings is 1. The van der Waals surface area contributed by atoms with E-state index in [1.165, 1.54) is 5.57 Å². The molecule has 1 aliphatic rings. The van der Waals surface area contributed by atoms with Crippen LogP contribution in [0.4, 0.5) is 0 Å². The molecule has 9 heteroatoms. The smallest absolute Gasteiger partial charge is 0.216 e. The summed E-state index contributed by atoms with van der Waals surface area (Å²) < 4.78 is 5.32. The van der Waals surface area contributed by atoms with Gasteiger partial charge in [0.25, 0.3) is 0 Å². The first kappa shape index (κ1) is 23.4. The Morgan fingerprint density at radius 2 is 2.21 bits per heavy atom. The van der Waals surface area contributed by atoms with Crippen molar-refractivity contribution < 1.29 is 4.42 Å². The Balaban J connectivity index is 0.00000300. The maximum absolute atomic E-state index is 5.32. The molecule has 3 heterocycles. The molecular weight excluding hydrogens is 481 g/mol. The number of likely N-dealkylation sites (tertiary alicyclic amines) is 1. The summed E-state index contributed by atoms with van der Waals surface area (Å²) in [6, 6.07) is 4.13. The third-order valence-corrected chi connectivity index (χ3v) is 4.66. The van der Waals surface area contributed by atoms with Crippen molar-refractivity contribution >= 4 is 29.9 Å². The van der Waals surface area contributed by atoms with E-state index in [4.69, 9.17) is 9.41 Å². The van der Waals surface area contributed by atoms with E-state index in [1.807, 2.05) is 12.1 Å². The average Bonchev–Trinajstić information content (AvgIpc) is 3.34. The minimum atomic E-state index is 0. The summed E-state index contributed by atoms with van der Waals surface area (Å²) in [5.41, 5.74) is 1.23. The van der Waals surface area contributed by atoms with Crippen molar-refractivity contribution in [3.8, 4) is 11.6 Å². The van der Waals surface area contributed by atoms with Gasteiger partial charge in [-0.15, -0.1) is 24.0 Å². The maximum atomic E-state index is 5.32. The number of hydrogen-bond acceptors (Lipinski definition) is 5. The van der Waals surface area contributed by atoms with Crippen molar-refractivity contribution in [1.82, 2.24) is 30.7 Å². The zero-order valence-corrected chi connectivity index (χ0v) is 19.6. The molecule has 0 bridgehead atoms. The summed E-state index contributed by atoms with van der Waals surface area (Å²) in [5, 5.41) is 14.1. The zero-order valence-electron chi connectivity index (χ0n) is 17.3. The number of rotatable bonds is 8. The first-order chi connectivity index (χ1) is 13.6. The molecule has 2 aromatic rings. The molecule has 0 saturated carbocycles. The molecule has 1 fully saturated rings. The first-order valence-corrected chi connectivity index (χ1v) is 10.0. The lowest BCUT2D eigenvalue weighted by atomic mass is 10.0. The molecule has 0 atom stereocenters. The van der Waals surface area contributed by atoms with E-state index in [2.05, 4.69) is 51.1 Å². The van der Waals surface area contributed by atoms with Crippen LogP contribution in [-0.2, 0) is 6.42 Å². The Bertz CT molecular complexity index is 764. The highest BCUT2D eigenvalue weighted by Gasteiger charge is 2.19. The number of halogens is 1. The minimum absolute atomic E-state index is 0. The molecule has 0 spiro atoms. The maximum Gasteiger partial charge on any atom is 0.216 e. The van der Waals surface area contributed by atoms with E-state index in [1.54, 1.807) is 6.26 Å². The summed E-state index contributed by atoms with van der Waals surface area (Å²) in [6.07, 6.45) is 4.55. The number of nitrogens with one attached hydrogen (secondary N) is 3. The summed E-state index contributed by atoms with van der Waals surface area (Å²) in [5.74, 6) is 2.92. The van der Waals surface area contributed by atoms with E-state index in [0.29, 0.717) is 30.6 Å². The lowest BCUT2D eigenvalue weighted by Crippen LogP contribution is -2.49. The second-order valence-electron chi connectivity index (χ2n) is 7.25. The Labute approximate surface area is 189 Å². The van der Waals surface area contributed by atoms with Crippen LogP contribution in [-0.4, -0.2) is 64.8 Å².